The van der Waals surface area contributed by atoms with Gasteiger partial charge < -0.3 is 5.32 Å². The Kier molecular flexibility index (Phi) is 6.20. The molecule has 1 aliphatic heterocycles. The number of sulfonamides is 1. The van der Waals surface area contributed by atoms with Crippen LogP contribution in [0.3, 0.4) is 0 Å². The summed E-state index contributed by atoms with van der Waals surface area (Å²) in [4.78, 5) is 12.8. The lowest BCUT2D eigenvalue weighted by atomic mass is 10.0. The van der Waals surface area contributed by atoms with Crippen LogP contribution in [0.15, 0.2) is 35.5 Å². The number of carbonyl (C=O) groups excluding carboxylic acids is 1. The van der Waals surface area contributed by atoms with Gasteiger partial charge in [-0.3, -0.25) is 9.48 Å². The van der Waals surface area contributed by atoms with E-state index < -0.39 is 15.9 Å². The maximum Gasteiger partial charge on any atom is 0.263 e. The van der Waals surface area contributed by atoms with E-state index in [2.05, 4.69) is 24.3 Å². The molecule has 3 rings (SSSR count). The van der Waals surface area contributed by atoms with Gasteiger partial charge in [0, 0.05) is 32.0 Å². The highest BCUT2D eigenvalue weighted by Gasteiger charge is 2.32. The molecule has 1 amide bonds. The first kappa shape index (κ1) is 20.5. The zero-order chi connectivity index (χ0) is 20.3. The van der Waals surface area contributed by atoms with Crippen molar-refractivity contribution in [2.75, 3.05) is 18.4 Å². The molecule has 0 aliphatic carbocycles. The molecular weight excluding hydrogens is 376 g/mol. The van der Waals surface area contributed by atoms with Crippen molar-refractivity contribution in [2.24, 2.45) is 7.05 Å². The maximum atomic E-state index is 13.1. The summed E-state index contributed by atoms with van der Waals surface area (Å²) in [7, 11) is -2.19. The third-order valence-corrected chi connectivity index (χ3v) is 6.86. The number of benzene rings is 1. The van der Waals surface area contributed by atoms with Crippen molar-refractivity contribution in [1.29, 1.82) is 0 Å². The number of carbonyl (C=O) groups is 1. The van der Waals surface area contributed by atoms with Gasteiger partial charge in [0.15, 0.2) is 0 Å². The van der Waals surface area contributed by atoms with Crippen molar-refractivity contribution in [3.05, 3.63) is 41.6 Å². The summed E-state index contributed by atoms with van der Waals surface area (Å²) in [6.07, 6.45) is 5.16. The first-order valence-corrected chi connectivity index (χ1v) is 11.2. The van der Waals surface area contributed by atoms with Crippen LogP contribution in [0.5, 0.6) is 0 Å². The van der Waals surface area contributed by atoms with Crippen molar-refractivity contribution in [2.45, 2.75) is 50.5 Å². The van der Waals surface area contributed by atoms with E-state index in [4.69, 9.17) is 0 Å². The van der Waals surface area contributed by atoms with Crippen molar-refractivity contribution in [1.82, 2.24) is 14.1 Å². The van der Waals surface area contributed by atoms with Crippen LogP contribution in [0.4, 0.5) is 5.69 Å². The fourth-order valence-corrected chi connectivity index (χ4v) is 5.01. The van der Waals surface area contributed by atoms with E-state index in [0.29, 0.717) is 24.7 Å². The molecule has 152 valence electrons. The van der Waals surface area contributed by atoms with Gasteiger partial charge in [-0.25, -0.2) is 8.42 Å². The van der Waals surface area contributed by atoms with Crippen LogP contribution in [0.1, 0.15) is 61.4 Å². The number of nitrogens with zero attached hydrogens (tertiary/aromatic N) is 3. The minimum Gasteiger partial charge on any atom is -0.322 e. The first-order chi connectivity index (χ1) is 13.3. The van der Waals surface area contributed by atoms with Gasteiger partial charge in [0.25, 0.3) is 15.9 Å². The molecule has 28 heavy (non-hydrogen) atoms. The number of amides is 1. The number of aromatic nitrogens is 2. The Balaban J connectivity index is 1.85. The van der Waals surface area contributed by atoms with Crippen LogP contribution in [-0.2, 0) is 17.1 Å². The summed E-state index contributed by atoms with van der Waals surface area (Å²) in [6, 6.07) is 7.57. The summed E-state index contributed by atoms with van der Waals surface area (Å²) in [5.74, 6) is -0.0766. The number of anilines is 1. The van der Waals surface area contributed by atoms with Gasteiger partial charge in [-0.05, 0) is 36.5 Å². The fourth-order valence-electron chi connectivity index (χ4n) is 3.37. The zero-order valence-electron chi connectivity index (χ0n) is 16.7. The molecule has 0 unspecified atom stereocenters. The Bertz CT molecular complexity index is 925. The molecule has 2 aromatic rings. The van der Waals surface area contributed by atoms with Crippen LogP contribution in [0.2, 0.25) is 0 Å². The molecule has 0 saturated carbocycles. The molecule has 1 aromatic heterocycles. The zero-order valence-corrected chi connectivity index (χ0v) is 17.5. The summed E-state index contributed by atoms with van der Waals surface area (Å²) in [5.41, 5.74) is 1.86. The van der Waals surface area contributed by atoms with Gasteiger partial charge in [0.2, 0.25) is 5.03 Å². The summed E-state index contributed by atoms with van der Waals surface area (Å²) in [5, 5.41) is 6.73. The Morgan fingerprint density at radius 1 is 1.07 bits per heavy atom. The molecule has 8 heteroatoms. The van der Waals surface area contributed by atoms with Crippen molar-refractivity contribution >= 4 is 21.6 Å². The summed E-state index contributed by atoms with van der Waals surface area (Å²) < 4.78 is 29.1. The van der Waals surface area contributed by atoms with E-state index in [1.807, 2.05) is 24.3 Å². The largest absolute Gasteiger partial charge is 0.322 e. The Morgan fingerprint density at radius 3 is 2.25 bits per heavy atom. The molecule has 0 radical (unpaired) electrons. The number of aryl methyl sites for hydroxylation is 1. The van der Waals surface area contributed by atoms with E-state index in [1.165, 1.54) is 20.7 Å². The minimum absolute atomic E-state index is 0.0692. The number of hydrogen-bond donors (Lipinski definition) is 1. The molecule has 1 fully saturated rings. The summed E-state index contributed by atoms with van der Waals surface area (Å²) >= 11 is 0. The van der Waals surface area contributed by atoms with Crippen molar-refractivity contribution in [3.63, 3.8) is 0 Å². The molecule has 0 bridgehead atoms. The second-order valence-corrected chi connectivity index (χ2v) is 9.42. The molecule has 1 N–H and O–H groups in total. The fraction of sp³-hybridized carbons (Fsp3) is 0.500. The van der Waals surface area contributed by atoms with Gasteiger partial charge in [0.1, 0.15) is 0 Å². The van der Waals surface area contributed by atoms with Crippen molar-refractivity contribution in [3.8, 4) is 0 Å². The van der Waals surface area contributed by atoms with Gasteiger partial charge in [-0.15, -0.1) is 0 Å². The Morgan fingerprint density at radius 2 is 1.68 bits per heavy atom. The highest BCUT2D eigenvalue weighted by Crippen LogP contribution is 2.23. The van der Waals surface area contributed by atoms with E-state index >= 15 is 0 Å². The topological polar surface area (TPSA) is 84.3 Å². The lowest BCUT2D eigenvalue weighted by molar-refractivity contribution is 0.102. The lowest BCUT2D eigenvalue weighted by Gasteiger charge is -2.19. The second kappa shape index (κ2) is 8.45. The van der Waals surface area contributed by atoms with E-state index in [1.54, 1.807) is 7.05 Å². The quantitative estimate of drug-likeness (QED) is 0.828. The molecule has 1 aromatic carbocycles. The van der Waals surface area contributed by atoms with Crippen LogP contribution in [0, 0.1) is 0 Å². The van der Waals surface area contributed by atoms with Crippen LogP contribution < -0.4 is 5.32 Å². The van der Waals surface area contributed by atoms with Gasteiger partial charge in [0.05, 0.1) is 5.56 Å². The number of hydrogen-bond acceptors (Lipinski definition) is 4. The predicted octanol–water partition coefficient (Wildman–Crippen LogP) is 3.36. The maximum absolute atomic E-state index is 13.1. The number of nitrogens with one attached hydrogen (secondary N) is 1. The normalized spacial score (nSPS) is 16.1. The third-order valence-electron chi connectivity index (χ3n) is 5.02. The van der Waals surface area contributed by atoms with Gasteiger partial charge in [-0.1, -0.05) is 38.8 Å². The first-order valence-electron chi connectivity index (χ1n) is 9.74. The molecule has 0 atom stereocenters. The highest BCUT2D eigenvalue weighted by molar-refractivity contribution is 7.89. The van der Waals surface area contributed by atoms with Crippen LogP contribution in [-0.4, -0.2) is 41.5 Å². The van der Waals surface area contributed by atoms with Gasteiger partial charge >= 0.3 is 0 Å². The van der Waals surface area contributed by atoms with Crippen molar-refractivity contribution < 1.29 is 13.2 Å². The predicted molar refractivity (Wildman–Crippen MR) is 109 cm³/mol. The highest BCUT2D eigenvalue weighted by atomic mass is 32.2. The average Bonchev–Trinajstić information content (AvgIpc) is 2.87. The van der Waals surface area contributed by atoms with Crippen LogP contribution >= 0.6 is 0 Å². The van der Waals surface area contributed by atoms with E-state index in [9.17, 15) is 13.2 Å². The Labute approximate surface area is 166 Å². The van der Waals surface area contributed by atoms with E-state index in [0.717, 1.165) is 25.7 Å². The average molecular weight is 405 g/mol. The van der Waals surface area contributed by atoms with Gasteiger partial charge in [-0.2, -0.15) is 9.40 Å². The second-order valence-electron chi connectivity index (χ2n) is 7.57. The molecular formula is C20H28N4O3S. The number of rotatable bonds is 5. The monoisotopic (exact) mass is 404 g/mol. The molecule has 0 spiro atoms. The molecule has 2 heterocycles. The SMILES string of the molecule is CC(C)c1ccc(NC(=O)c2cn(C)nc2S(=O)(=O)N2CCCCCC2)cc1. The van der Waals surface area contributed by atoms with E-state index in [-0.39, 0.29) is 10.6 Å². The lowest BCUT2D eigenvalue weighted by Crippen LogP contribution is -2.33. The minimum atomic E-state index is -3.81. The standard InChI is InChI=1S/C20H28N4O3S/c1-15(2)16-8-10-17(11-9-16)21-19(25)18-14-23(3)22-20(18)28(26,27)24-12-6-4-5-7-13-24/h8-11,14-15H,4-7,12-13H2,1-3H3,(H,21,25). The Hall–Kier alpha value is -2.19. The molecule has 1 aliphatic rings. The molecule has 7 nitrogen and oxygen atoms in total. The smallest absolute Gasteiger partial charge is 0.263 e. The van der Waals surface area contributed by atoms with Crippen LogP contribution in [0.25, 0.3) is 0 Å². The summed E-state index contributed by atoms with van der Waals surface area (Å²) in [6.45, 7) is 5.14. The third kappa shape index (κ3) is 4.44. The molecule has 1 saturated heterocycles.